The second-order valence-corrected chi connectivity index (χ2v) is 8.59. The van der Waals surface area contributed by atoms with Crippen LogP contribution in [0.15, 0.2) is 66.1 Å². The molecule has 0 radical (unpaired) electrons. The summed E-state index contributed by atoms with van der Waals surface area (Å²) in [5.41, 5.74) is 2.47. The molecule has 0 unspecified atom stereocenters. The summed E-state index contributed by atoms with van der Waals surface area (Å²) in [7, 11) is 0. The van der Waals surface area contributed by atoms with Crippen LogP contribution in [0, 0.1) is 0 Å². The van der Waals surface area contributed by atoms with Gasteiger partial charge >= 0.3 is 0 Å². The van der Waals surface area contributed by atoms with Crippen molar-refractivity contribution in [1.29, 1.82) is 0 Å². The summed E-state index contributed by atoms with van der Waals surface area (Å²) in [5.74, 6) is 1.17. The Labute approximate surface area is 190 Å². The average Bonchev–Trinajstić information content (AvgIpc) is 2.86. The molecule has 1 fully saturated rings. The van der Waals surface area contributed by atoms with Crippen LogP contribution in [0.25, 0.3) is 0 Å². The molecule has 32 heavy (non-hydrogen) atoms. The lowest BCUT2D eigenvalue weighted by atomic mass is 10.1. The van der Waals surface area contributed by atoms with Gasteiger partial charge in [-0.2, -0.15) is 0 Å². The summed E-state index contributed by atoms with van der Waals surface area (Å²) >= 11 is 1.47. The fraction of sp³-hybridized carbons (Fsp3) is 0.261. The monoisotopic (exact) mass is 446 g/mol. The number of benzene rings is 1. The van der Waals surface area contributed by atoms with Crippen molar-refractivity contribution in [2.75, 3.05) is 41.7 Å². The number of fused-ring (bicyclic) bond motifs is 1. The number of hydrogen-bond acceptors (Lipinski definition) is 7. The average molecular weight is 447 g/mol. The van der Waals surface area contributed by atoms with Crippen LogP contribution in [0.4, 0.5) is 11.6 Å². The lowest BCUT2D eigenvalue weighted by molar-refractivity contribution is -0.116. The first-order valence-corrected chi connectivity index (χ1v) is 11.5. The molecule has 2 aliphatic rings. The summed E-state index contributed by atoms with van der Waals surface area (Å²) in [6, 6.07) is 13.1. The zero-order valence-corrected chi connectivity index (χ0v) is 18.2. The number of nitrogens with zero attached hydrogens (tertiary/aromatic N) is 6. The number of piperazine rings is 1. The maximum absolute atomic E-state index is 13.0. The molecule has 1 saturated heterocycles. The Balaban J connectivity index is 1.23. The van der Waals surface area contributed by atoms with Crippen LogP contribution in [0.5, 0.6) is 0 Å². The van der Waals surface area contributed by atoms with Crippen molar-refractivity contribution in [2.45, 2.75) is 11.6 Å². The zero-order valence-electron chi connectivity index (χ0n) is 17.4. The van der Waals surface area contributed by atoms with Crippen LogP contribution in [-0.4, -0.2) is 63.6 Å². The molecule has 9 heteroatoms. The SMILES string of the molecule is O=C(c1ccc(CN2C(=O)CSc3ncccc32)cc1)N1CCN(c2ncccn2)CC1. The van der Waals surface area contributed by atoms with Gasteiger partial charge in [0.2, 0.25) is 11.9 Å². The maximum atomic E-state index is 13.0. The number of hydrogen-bond donors (Lipinski definition) is 0. The van der Waals surface area contributed by atoms with Crippen LogP contribution in [0.2, 0.25) is 0 Å². The molecule has 2 aromatic heterocycles. The molecule has 2 aliphatic heterocycles. The number of rotatable bonds is 4. The molecule has 0 spiro atoms. The summed E-state index contributed by atoms with van der Waals surface area (Å²) in [6.45, 7) is 3.13. The van der Waals surface area contributed by atoms with E-state index >= 15 is 0 Å². The summed E-state index contributed by atoms with van der Waals surface area (Å²) in [5, 5.41) is 0.874. The molecule has 8 nitrogen and oxygen atoms in total. The van der Waals surface area contributed by atoms with Gasteiger partial charge in [-0.05, 0) is 35.9 Å². The lowest BCUT2D eigenvalue weighted by Gasteiger charge is -2.34. The van der Waals surface area contributed by atoms with E-state index in [2.05, 4.69) is 19.9 Å². The van der Waals surface area contributed by atoms with Crippen molar-refractivity contribution < 1.29 is 9.59 Å². The largest absolute Gasteiger partial charge is 0.337 e. The first kappa shape index (κ1) is 20.4. The smallest absolute Gasteiger partial charge is 0.253 e. The number of amides is 2. The van der Waals surface area contributed by atoms with Crippen LogP contribution < -0.4 is 9.80 Å². The molecular weight excluding hydrogens is 424 g/mol. The molecule has 2 amide bonds. The topological polar surface area (TPSA) is 82.5 Å². The highest BCUT2D eigenvalue weighted by molar-refractivity contribution is 8.00. The Morgan fingerprint density at radius 2 is 1.62 bits per heavy atom. The lowest BCUT2D eigenvalue weighted by Crippen LogP contribution is -2.49. The van der Waals surface area contributed by atoms with Gasteiger partial charge in [0.1, 0.15) is 5.03 Å². The molecule has 1 aromatic carbocycles. The molecule has 3 aromatic rings. The van der Waals surface area contributed by atoms with Gasteiger partial charge in [0.15, 0.2) is 0 Å². The van der Waals surface area contributed by atoms with Gasteiger partial charge < -0.3 is 14.7 Å². The Bertz CT molecular complexity index is 1120. The number of carbonyl (C=O) groups excluding carboxylic acids is 2. The second-order valence-electron chi connectivity index (χ2n) is 7.62. The highest BCUT2D eigenvalue weighted by Crippen LogP contribution is 2.34. The molecular formula is C23H22N6O2S. The quantitative estimate of drug-likeness (QED) is 0.609. The molecule has 0 bridgehead atoms. The number of aromatic nitrogens is 3. The zero-order chi connectivity index (χ0) is 21.9. The van der Waals surface area contributed by atoms with E-state index in [0.29, 0.717) is 50.0 Å². The third-order valence-corrected chi connectivity index (χ3v) is 6.60. The second kappa shape index (κ2) is 8.96. The Hall–Kier alpha value is -3.46. The van der Waals surface area contributed by atoms with E-state index in [-0.39, 0.29) is 11.8 Å². The summed E-state index contributed by atoms with van der Waals surface area (Å²) < 4.78 is 0. The summed E-state index contributed by atoms with van der Waals surface area (Å²) in [4.78, 5) is 44.1. The van der Waals surface area contributed by atoms with Crippen molar-refractivity contribution in [2.24, 2.45) is 0 Å². The van der Waals surface area contributed by atoms with Gasteiger partial charge in [-0.1, -0.05) is 23.9 Å². The molecule has 0 saturated carbocycles. The highest BCUT2D eigenvalue weighted by Gasteiger charge is 2.26. The van der Waals surface area contributed by atoms with E-state index in [4.69, 9.17) is 0 Å². The normalized spacial score (nSPS) is 16.1. The van der Waals surface area contributed by atoms with Gasteiger partial charge in [-0.3, -0.25) is 9.59 Å². The first-order chi connectivity index (χ1) is 15.7. The molecule has 4 heterocycles. The van der Waals surface area contributed by atoms with E-state index in [0.717, 1.165) is 16.3 Å². The van der Waals surface area contributed by atoms with E-state index in [9.17, 15) is 9.59 Å². The number of anilines is 2. The van der Waals surface area contributed by atoms with Crippen molar-refractivity contribution in [3.8, 4) is 0 Å². The maximum Gasteiger partial charge on any atom is 0.253 e. The highest BCUT2D eigenvalue weighted by atomic mass is 32.2. The van der Waals surface area contributed by atoms with E-state index < -0.39 is 0 Å². The van der Waals surface area contributed by atoms with Crippen LogP contribution >= 0.6 is 11.8 Å². The minimum absolute atomic E-state index is 0.0187. The fourth-order valence-electron chi connectivity index (χ4n) is 3.90. The third-order valence-electron chi connectivity index (χ3n) is 5.62. The van der Waals surface area contributed by atoms with Gasteiger partial charge in [0, 0.05) is 50.3 Å². The molecule has 162 valence electrons. The number of thioether (sulfide) groups is 1. The summed E-state index contributed by atoms with van der Waals surface area (Å²) in [6.07, 6.45) is 5.20. The van der Waals surface area contributed by atoms with Crippen LogP contribution in [-0.2, 0) is 11.3 Å². The number of carbonyl (C=O) groups is 2. The Morgan fingerprint density at radius 1 is 0.906 bits per heavy atom. The molecule has 0 N–H and O–H groups in total. The van der Waals surface area contributed by atoms with E-state index in [1.54, 1.807) is 29.6 Å². The van der Waals surface area contributed by atoms with Gasteiger partial charge in [0.25, 0.3) is 5.91 Å². The van der Waals surface area contributed by atoms with Gasteiger partial charge in [0.05, 0.1) is 18.0 Å². The van der Waals surface area contributed by atoms with Crippen molar-refractivity contribution in [3.05, 3.63) is 72.2 Å². The van der Waals surface area contributed by atoms with Crippen molar-refractivity contribution in [1.82, 2.24) is 19.9 Å². The van der Waals surface area contributed by atoms with Crippen molar-refractivity contribution in [3.63, 3.8) is 0 Å². The Morgan fingerprint density at radius 3 is 2.38 bits per heavy atom. The predicted molar refractivity (Wildman–Crippen MR) is 123 cm³/mol. The number of pyridine rings is 1. The minimum atomic E-state index is 0.0187. The van der Waals surface area contributed by atoms with Gasteiger partial charge in [-0.25, -0.2) is 15.0 Å². The predicted octanol–water partition coefficient (Wildman–Crippen LogP) is 2.47. The molecule has 5 rings (SSSR count). The van der Waals surface area contributed by atoms with Gasteiger partial charge in [-0.15, -0.1) is 0 Å². The van der Waals surface area contributed by atoms with Crippen LogP contribution in [0.3, 0.4) is 0 Å². The third kappa shape index (κ3) is 4.16. The van der Waals surface area contributed by atoms with E-state index in [1.165, 1.54) is 11.8 Å². The van der Waals surface area contributed by atoms with Crippen LogP contribution in [0.1, 0.15) is 15.9 Å². The first-order valence-electron chi connectivity index (χ1n) is 10.5. The fourth-order valence-corrected chi connectivity index (χ4v) is 4.77. The standard InChI is InChI=1S/C23H22N6O2S/c30-20-16-32-21-19(3-1-8-24-21)29(20)15-17-4-6-18(7-5-17)22(31)27-11-13-28(14-12-27)23-25-9-2-10-26-23/h1-10H,11-16H2. The van der Waals surface area contributed by atoms with Crippen molar-refractivity contribution >= 4 is 35.2 Å². The minimum Gasteiger partial charge on any atom is -0.337 e. The molecule has 0 atom stereocenters. The Kier molecular flexibility index (Phi) is 5.72. The molecule has 0 aliphatic carbocycles. The van der Waals surface area contributed by atoms with E-state index in [1.807, 2.05) is 41.3 Å².